The van der Waals surface area contributed by atoms with Crippen LogP contribution in [0.15, 0.2) is 220 Å². The molecular formula is C91H73NO3. The van der Waals surface area contributed by atoms with Gasteiger partial charge in [0.1, 0.15) is 33.5 Å². The van der Waals surface area contributed by atoms with Gasteiger partial charge in [0.2, 0.25) is 0 Å². The maximum Gasteiger partial charge on any atom is 0.144 e. The first-order chi connectivity index (χ1) is 45.5. The van der Waals surface area contributed by atoms with Crippen LogP contribution in [-0.2, 0) is 32.5 Å². The Morgan fingerprint density at radius 3 is 1.38 bits per heavy atom. The van der Waals surface area contributed by atoms with Crippen LogP contribution in [0.5, 0.6) is 0 Å². The molecule has 0 atom stereocenters. The number of para-hydroxylation sites is 3. The molecule has 0 saturated heterocycles. The minimum Gasteiger partial charge on any atom is -0.456 e. The Balaban J connectivity index is 0.799. The lowest BCUT2D eigenvalue weighted by molar-refractivity contribution is 0.590. The zero-order chi connectivity index (χ0) is 64.7. The molecular weight excluding hydrogens is 1160 g/mol. The number of rotatable bonds is 4. The number of furan rings is 3. The molecule has 0 spiro atoms. The van der Waals surface area contributed by atoms with Crippen LogP contribution in [0.3, 0.4) is 0 Å². The monoisotopic (exact) mass is 1230 g/mol. The average molecular weight is 1230 g/mol. The molecule has 0 saturated carbocycles. The fraction of sp³-hybridized carbons (Fsp3) is 0.209. The molecule has 0 unspecified atom stereocenters. The van der Waals surface area contributed by atoms with Gasteiger partial charge in [-0.25, -0.2) is 0 Å². The summed E-state index contributed by atoms with van der Waals surface area (Å²) in [6, 6.07) is 78.3. The van der Waals surface area contributed by atoms with Gasteiger partial charge in [0.05, 0.1) is 0 Å². The van der Waals surface area contributed by atoms with Crippen molar-refractivity contribution in [2.75, 3.05) is 4.90 Å². The van der Waals surface area contributed by atoms with Gasteiger partial charge in [-0.15, -0.1) is 0 Å². The lowest BCUT2D eigenvalue weighted by atomic mass is 9.72. The van der Waals surface area contributed by atoms with E-state index < -0.39 is 5.41 Å². The average Bonchev–Trinajstić information content (AvgIpc) is 1.51. The maximum atomic E-state index is 7.13. The second-order valence-electron chi connectivity index (χ2n) is 31.9. The molecule has 0 aliphatic heterocycles. The quantitative estimate of drug-likeness (QED) is 0.176. The van der Waals surface area contributed by atoms with E-state index in [1.807, 2.05) is 0 Å². The van der Waals surface area contributed by atoms with Crippen LogP contribution in [0.4, 0.5) is 17.1 Å². The normalized spacial score (nSPS) is 16.5. The molecule has 15 aromatic rings. The van der Waals surface area contributed by atoms with Crippen molar-refractivity contribution in [2.24, 2.45) is 0 Å². The van der Waals surface area contributed by atoms with E-state index in [2.05, 4.69) is 301 Å². The van der Waals surface area contributed by atoms with Crippen LogP contribution in [0.25, 0.3) is 133 Å². The number of nitrogens with zero attached hydrogens (tertiary/aromatic N) is 1. The van der Waals surface area contributed by atoms with Gasteiger partial charge in [-0.3, -0.25) is 0 Å². The summed E-state index contributed by atoms with van der Waals surface area (Å²) < 4.78 is 20.7. The SMILES string of the molecule is CC(C)(C)c1ccc(-c2cc3c(c4c2oc2ccccc24)-c2ccc(N(c4ccc5c(c4)C(C)(C)c4cc6c(cc4-5)C(C)(C)c4ccc5oc7ccccc7c5c4-6)c4ccc5c(c4)C(C)(C)c4c6c(c7oc8ccccc8c7c4-5)-c4ccccc4C6(C)C)cc2C3(C)C)cc1. The standard InChI is InChI=1S/C91H73NO3/c1-86(2,3)49-32-30-48(31-33-49)60-45-70-75(79-58-24-16-20-28-72(58)94-84(60)79)55-38-35-51(43-66(55)89(70,8)9)92(50-34-37-53-61-46-69-62(47-68(61)88(6,7)65(53)42-50)76-64(87(69,4)5)40-41-74-77(76)57-23-15-19-27-71(57)93-74)52-36-39-56-67(44-52)91(12,13)82-78(56)80-59-25-17-21-29-73(59)95-85(80)81-54-22-14-18-26-63(54)90(10,11)83(81)82/h14-47H,1-13H3. The van der Waals surface area contributed by atoms with Crippen molar-refractivity contribution in [1.82, 2.24) is 0 Å². The first kappa shape index (κ1) is 55.3. The van der Waals surface area contributed by atoms with Crippen LogP contribution in [0.2, 0.25) is 0 Å². The van der Waals surface area contributed by atoms with Crippen molar-refractivity contribution < 1.29 is 13.3 Å². The molecule has 0 fully saturated rings. The van der Waals surface area contributed by atoms with E-state index in [0.29, 0.717) is 0 Å². The molecule has 3 aromatic heterocycles. The Labute approximate surface area is 554 Å². The highest BCUT2D eigenvalue weighted by atomic mass is 16.3. The Hall–Kier alpha value is -10.2. The van der Waals surface area contributed by atoms with E-state index >= 15 is 0 Å². The van der Waals surface area contributed by atoms with Gasteiger partial charge in [-0.1, -0.05) is 217 Å². The molecule has 460 valence electrons. The smallest absolute Gasteiger partial charge is 0.144 e. The predicted molar refractivity (Wildman–Crippen MR) is 395 cm³/mol. The molecule has 3 heterocycles. The molecule has 0 radical (unpaired) electrons. The summed E-state index contributed by atoms with van der Waals surface area (Å²) in [5.74, 6) is 0. The van der Waals surface area contributed by atoms with Crippen molar-refractivity contribution in [3.63, 3.8) is 0 Å². The fourth-order valence-electron chi connectivity index (χ4n) is 19.1. The molecule has 0 bridgehead atoms. The third-order valence-corrected chi connectivity index (χ3v) is 23.9. The molecule has 4 nitrogen and oxygen atoms in total. The zero-order valence-electron chi connectivity index (χ0n) is 56.3. The van der Waals surface area contributed by atoms with Crippen molar-refractivity contribution in [3.05, 3.63) is 267 Å². The second kappa shape index (κ2) is 17.8. The maximum absolute atomic E-state index is 7.13. The highest BCUT2D eigenvalue weighted by Crippen LogP contribution is 2.65. The molecule has 5 aliphatic rings. The fourth-order valence-corrected chi connectivity index (χ4v) is 19.1. The predicted octanol–water partition coefficient (Wildman–Crippen LogP) is 25.4. The van der Waals surface area contributed by atoms with E-state index in [-0.39, 0.29) is 27.1 Å². The summed E-state index contributed by atoms with van der Waals surface area (Å²) in [5.41, 5.74) is 37.4. The van der Waals surface area contributed by atoms with Gasteiger partial charge in [0.25, 0.3) is 0 Å². The van der Waals surface area contributed by atoms with Crippen LogP contribution in [-0.4, -0.2) is 0 Å². The summed E-state index contributed by atoms with van der Waals surface area (Å²) in [4.78, 5) is 2.58. The van der Waals surface area contributed by atoms with Crippen LogP contribution < -0.4 is 4.90 Å². The third-order valence-electron chi connectivity index (χ3n) is 23.9. The van der Waals surface area contributed by atoms with E-state index in [4.69, 9.17) is 13.3 Å². The summed E-state index contributed by atoms with van der Waals surface area (Å²) in [5, 5.41) is 7.09. The van der Waals surface area contributed by atoms with Gasteiger partial charge in [-0.05, 0) is 201 Å². The molecule has 12 aromatic carbocycles. The van der Waals surface area contributed by atoms with Gasteiger partial charge in [-0.2, -0.15) is 0 Å². The van der Waals surface area contributed by atoms with E-state index in [1.165, 1.54) is 138 Å². The van der Waals surface area contributed by atoms with E-state index in [0.717, 1.165) is 72.5 Å². The van der Waals surface area contributed by atoms with E-state index in [1.54, 1.807) is 0 Å². The molecule has 20 rings (SSSR count). The Morgan fingerprint density at radius 2 is 0.726 bits per heavy atom. The highest BCUT2D eigenvalue weighted by molar-refractivity contribution is 6.22. The number of fused-ring (bicyclic) bond motifs is 29. The van der Waals surface area contributed by atoms with Crippen LogP contribution in [0, 0.1) is 0 Å². The van der Waals surface area contributed by atoms with Gasteiger partial charge in [0, 0.05) is 87.6 Å². The number of hydrogen-bond donors (Lipinski definition) is 0. The first-order valence-corrected chi connectivity index (χ1v) is 34.1. The number of benzene rings is 12. The summed E-state index contributed by atoms with van der Waals surface area (Å²) >= 11 is 0. The zero-order valence-corrected chi connectivity index (χ0v) is 56.3. The van der Waals surface area contributed by atoms with Crippen molar-refractivity contribution in [3.8, 4) is 66.8 Å². The summed E-state index contributed by atoms with van der Waals surface area (Å²) in [6.45, 7) is 31.3. The van der Waals surface area contributed by atoms with Crippen molar-refractivity contribution >= 4 is 82.9 Å². The molecule has 0 amide bonds. The Bertz CT molecular complexity index is 6030. The van der Waals surface area contributed by atoms with Crippen molar-refractivity contribution in [2.45, 2.75) is 122 Å². The summed E-state index contributed by atoms with van der Waals surface area (Å²) in [6.07, 6.45) is 0. The number of anilines is 3. The lowest BCUT2D eigenvalue weighted by Crippen LogP contribution is -2.24. The molecule has 95 heavy (non-hydrogen) atoms. The van der Waals surface area contributed by atoms with Crippen LogP contribution in [0.1, 0.15) is 151 Å². The van der Waals surface area contributed by atoms with Gasteiger partial charge < -0.3 is 18.2 Å². The minimum absolute atomic E-state index is 0.0329. The second-order valence-corrected chi connectivity index (χ2v) is 31.9. The first-order valence-electron chi connectivity index (χ1n) is 34.1. The number of hydrogen-bond acceptors (Lipinski definition) is 4. The van der Waals surface area contributed by atoms with E-state index in [9.17, 15) is 0 Å². The van der Waals surface area contributed by atoms with Gasteiger partial charge >= 0.3 is 0 Å². The van der Waals surface area contributed by atoms with Crippen LogP contribution >= 0.6 is 0 Å². The Morgan fingerprint density at radius 1 is 0.284 bits per heavy atom. The minimum atomic E-state index is -0.393. The van der Waals surface area contributed by atoms with Crippen molar-refractivity contribution in [1.29, 1.82) is 0 Å². The largest absolute Gasteiger partial charge is 0.456 e. The summed E-state index contributed by atoms with van der Waals surface area (Å²) in [7, 11) is 0. The van der Waals surface area contributed by atoms with Gasteiger partial charge in [0.15, 0.2) is 0 Å². The Kier molecular flexibility index (Phi) is 10.4. The molecule has 4 heteroatoms. The third kappa shape index (κ3) is 6.87. The molecule has 5 aliphatic carbocycles. The molecule has 0 N–H and O–H groups in total. The topological polar surface area (TPSA) is 42.7 Å². The highest BCUT2D eigenvalue weighted by Gasteiger charge is 2.50. The lowest BCUT2D eigenvalue weighted by Gasteiger charge is -2.32.